The number of aryl methyl sites for hydroxylation is 1. The van der Waals surface area contributed by atoms with Gasteiger partial charge in [0, 0.05) is 23.2 Å². The summed E-state index contributed by atoms with van der Waals surface area (Å²) >= 11 is 2.61. The molecule has 2 aromatic heterocycles. The second-order valence-electron chi connectivity index (χ2n) is 7.54. The third-order valence-electron chi connectivity index (χ3n) is 5.24. The number of benzene rings is 2. The summed E-state index contributed by atoms with van der Waals surface area (Å²) < 4.78 is 6.89. The van der Waals surface area contributed by atoms with Gasteiger partial charge in [0.2, 0.25) is 5.91 Å². The lowest BCUT2D eigenvalue weighted by Crippen LogP contribution is -2.23. The maximum absolute atomic E-state index is 13.1. The zero-order valence-corrected chi connectivity index (χ0v) is 20.6. The molecule has 0 aliphatic heterocycles. The molecule has 1 amide bonds. The SMILES string of the molecule is CCn1c(SCC(=O)Nc2ccc(C(=O)OC)cc2)nc2c(-c3ccc(C)cc3)csc2c1=O. The zero-order valence-electron chi connectivity index (χ0n) is 19.0. The van der Waals surface area contributed by atoms with Crippen molar-refractivity contribution in [3.05, 3.63) is 75.4 Å². The number of thioether (sulfide) groups is 1. The third-order valence-corrected chi connectivity index (χ3v) is 7.18. The number of nitrogens with zero attached hydrogens (tertiary/aromatic N) is 2. The minimum atomic E-state index is -0.439. The van der Waals surface area contributed by atoms with E-state index in [0.717, 1.165) is 16.7 Å². The highest BCUT2D eigenvalue weighted by Crippen LogP contribution is 2.32. The number of carbonyl (C=O) groups excluding carboxylic acids is 2. The number of aromatic nitrogens is 2. The highest BCUT2D eigenvalue weighted by molar-refractivity contribution is 7.99. The Labute approximate surface area is 204 Å². The first-order valence-corrected chi connectivity index (χ1v) is 12.5. The van der Waals surface area contributed by atoms with Gasteiger partial charge in [0.25, 0.3) is 5.56 Å². The summed E-state index contributed by atoms with van der Waals surface area (Å²) in [4.78, 5) is 42.0. The van der Waals surface area contributed by atoms with Gasteiger partial charge in [0.05, 0.1) is 23.9 Å². The summed E-state index contributed by atoms with van der Waals surface area (Å²) in [5.41, 5.74) is 4.60. The molecule has 2 aromatic carbocycles. The van der Waals surface area contributed by atoms with Crippen LogP contribution in [0.15, 0.2) is 63.9 Å². The topological polar surface area (TPSA) is 90.3 Å². The highest BCUT2D eigenvalue weighted by Gasteiger charge is 2.17. The van der Waals surface area contributed by atoms with E-state index in [1.165, 1.54) is 30.2 Å². The molecular formula is C25H23N3O4S2. The van der Waals surface area contributed by atoms with Crippen LogP contribution in [-0.2, 0) is 16.1 Å². The van der Waals surface area contributed by atoms with Crippen molar-refractivity contribution in [3.8, 4) is 11.1 Å². The number of amides is 1. The van der Waals surface area contributed by atoms with Crippen molar-refractivity contribution in [3.63, 3.8) is 0 Å². The lowest BCUT2D eigenvalue weighted by Gasteiger charge is -2.11. The monoisotopic (exact) mass is 493 g/mol. The summed E-state index contributed by atoms with van der Waals surface area (Å²) in [5.74, 6) is -0.594. The summed E-state index contributed by atoms with van der Waals surface area (Å²) in [6.07, 6.45) is 0. The van der Waals surface area contributed by atoms with Gasteiger partial charge >= 0.3 is 5.97 Å². The number of hydrogen-bond acceptors (Lipinski definition) is 7. The Morgan fingerprint density at radius 3 is 2.47 bits per heavy atom. The van der Waals surface area contributed by atoms with Crippen LogP contribution in [0.1, 0.15) is 22.8 Å². The van der Waals surface area contributed by atoms with E-state index >= 15 is 0 Å². The average Bonchev–Trinajstić information content (AvgIpc) is 3.27. The summed E-state index contributed by atoms with van der Waals surface area (Å²) in [7, 11) is 1.32. The van der Waals surface area contributed by atoms with Crippen molar-refractivity contribution in [1.82, 2.24) is 9.55 Å². The van der Waals surface area contributed by atoms with E-state index in [0.29, 0.717) is 33.2 Å². The van der Waals surface area contributed by atoms with Gasteiger partial charge in [-0.3, -0.25) is 14.2 Å². The van der Waals surface area contributed by atoms with Crippen LogP contribution in [0.4, 0.5) is 5.69 Å². The molecule has 0 aliphatic rings. The van der Waals surface area contributed by atoms with E-state index in [4.69, 9.17) is 4.98 Å². The number of hydrogen-bond donors (Lipinski definition) is 1. The predicted molar refractivity (Wildman–Crippen MR) is 137 cm³/mol. The third kappa shape index (κ3) is 4.90. The van der Waals surface area contributed by atoms with Crippen molar-refractivity contribution >= 4 is 50.9 Å². The molecule has 2 heterocycles. The molecule has 0 unspecified atom stereocenters. The Balaban J connectivity index is 1.55. The lowest BCUT2D eigenvalue weighted by atomic mass is 10.1. The number of thiophene rings is 1. The van der Waals surface area contributed by atoms with Gasteiger partial charge in [-0.15, -0.1) is 11.3 Å². The van der Waals surface area contributed by atoms with Gasteiger partial charge in [-0.25, -0.2) is 9.78 Å². The average molecular weight is 494 g/mol. The quantitative estimate of drug-likeness (QED) is 0.222. The first-order valence-electron chi connectivity index (χ1n) is 10.6. The normalized spacial score (nSPS) is 10.9. The van der Waals surface area contributed by atoms with Crippen molar-refractivity contribution in [2.45, 2.75) is 25.5 Å². The molecule has 34 heavy (non-hydrogen) atoms. The fraction of sp³-hybridized carbons (Fsp3) is 0.200. The van der Waals surface area contributed by atoms with Crippen LogP contribution in [0.2, 0.25) is 0 Å². The van der Waals surface area contributed by atoms with Gasteiger partial charge in [-0.05, 0) is 43.7 Å². The summed E-state index contributed by atoms with van der Waals surface area (Å²) in [6.45, 7) is 4.37. The van der Waals surface area contributed by atoms with Crippen LogP contribution in [0.3, 0.4) is 0 Å². The van der Waals surface area contributed by atoms with Crippen LogP contribution >= 0.6 is 23.1 Å². The highest BCUT2D eigenvalue weighted by atomic mass is 32.2. The molecule has 4 rings (SSSR count). The Morgan fingerprint density at radius 1 is 1.12 bits per heavy atom. The standard InChI is InChI=1S/C25H23N3O4S2/c1-4-28-23(30)22-21(19(13-33-22)16-7-5-15(2)6-8-16)27-25(28)34-14-20(29)26-18-11-9-17(10-12-18)24(31)32-3/h5-13H,4,14H2,1-3H3,(H,26,29). The largest absolute Gasteiger partial charge is 0.465 e. The van der Waals surface area contributed by atoms with Crippen molar-refractivity contribution < 1.29 is 14.3 Å². The second kappa shape index (κ2) is 10.2. The fourth-order valence-corrected chi connectivity index (χ4v) is 5.26. The number of fused-ring (bicyclic) bond motifs is 1. The van der Waals surface area contributed by atoms with E-state index in [-0.39, 0.29) is 17.2 Å². The Morgan fingerprint density at radius 2 is 1.82 bits per heavy atom. The predicted octanol–water partition coefficient (Wildman–Crippen LogP) is 4.97. The smallest absolute Gasteiger partial charge is 0.337 e. The summed E-state index contributed by atoms with van der Waals surface area (Å²) in [5, 5.41) is 5.26. The Hall–Kier alpha value is -3.43. The maximum atomic E-state index is 13.1. The number of anilines is 1. The van der Waals surface area contributed by atoms with Gasteiger partial charge in [-0.1, -0.05) is 41.6 Å². The van der Waals surface area contributed by atoms with Gasteiger partial charge in [0.1, 0.15) is 4.70 Å². The van der Waals surface area contributed by atoms with Crippen LogP contribution in [0.25, 0.3) is 21.3 Å². The van der Waals surface area contributed by atoms with Crippen LogP contribution in [0.5, 0.6) is 0 Å². The number of carbonyl (C=O) groups is 2. The number of ether oxygens (including phenoxy) is 1. The van der Waals surface area contributed by atoms with E-state index < -0.39 is 5.97 Å². The molecular weight excluding hydrogens is 470 g/mol. The van der Waals surface area contributed by atoms with Crippen molar-refractivity contribution in [1.29, 1.82) is 0 Å². The number of methoxy groups -OCH3 is 1. The molecule has 1 N–H and O–H groups in total. The van der Waals surface area contributed by atoms with E-state index in [1.54, 1.807) is 28.8 Å². The first-order chi connectivity index (χ1) is 16.4. The minimum absolute atomic E-state index is 0.0840. The molecule has 0 bridgehead atoms. The first kappa shape index (κ1) is 23.7. The van der Waals surface area contributed by atoms with Crippen LogP contribution in [-0.4, -0.2) is 34.3 Å². The van der Waals surface area contributed by atoms with Crippen LogP contribution < -0.4 is 10.9 Å². The number of nitrogens with one attached hydrogen (secondary N) is 1. The van der Waals surface area contributed by atoms with E-state index in [1.807, 2.05) is 43.5 Å². The molecule has 0 fully saturated rings. The van der Waals surface area contributed by atoms with E-state index in [9.17, 15) is 14.4 Å². The van der Waals surface area contributed by atoms with Crippen molar-refractivity contribution in [2.24, 2.45) is 0 Å². The Bertz CT molecular complexity index is 1410. The number of rotatable bonds is 7. The van der Waals surface area contributed by atoms with Crippen molar-refractivity contribution in [2.75, 3.05) is 18.2 Å². The van der Waals surface area contributed by atoms with E-state index in [2.05, 4.69) is 10.1 Å². The molecule has 7 nitrogen and oxygen atoms in total. The second-order valence-corrected chi connectivity index (χ2v) is 9.36. The molecule has 0 atom stereocenters. The molecule has 0 spiro atoms. The zero-order chi connectivity index (χ0) is 24.2. The fourth-order valence-electron chi connectivity index (χ4n) is 3.44. The minimum Gasteiger partial charge on any atom is -0.465 e. The molecule has 0 saturated carbocycles. The Kier molecular flexibility index (Phi) is 7.14. The molecule has 0 aliphatic carbocycles. The van der Waals surface area contributed by atoms with Crippen LogP contribution in [0, 0.1) is 6.92 Å². The van der Waals surface area contributed by atoms with Gasteiger partial charge < -0.3 is 10.1 Å². The number of esters is 1. The molecule has 174 valence electrons. The molecule has 0 radical (unpaired) electrons. The maximum Gasteiger partial charge on any atom is 0.337 e. The molecule has 4 aromatic rings. The molecule has 0 saturated heterocycles. The molecule has 9 heteroatoms. The lowest BCUT2D eigenvalue weighted by molar-refractivity contribution is -0.113. The summed E-state index contributed by atoms with van der Waals surface area (Å²) in [6, 6.07) is 14.6. The van der Waals surface area contributed by atoms with Gasteiger partial charge in [-0.2, -0.15) is 0 Å². The van der Waals surface area contributed by atoms with Gasteiger partial charge in [0.15, 0.2) is 5.16 Å².